The average molecular weight is 552 g/mol. The first-order valence-corrected chi connectivity index (χ1v) is 14.1. The van der Waals surface area contributed by atoms with Crippen LogP contribution in [0.3, 0.4) is 0 Å². The lowest BCUT2D eigenvalue weighted by Crippen LogP contribution is -2.50. The molecule has 0 aliphatic rings. The number of carbonyl (C=O) groups is 2. The number of aliphatic hydroxyl groups excluding tert-OH is 1. The smallest absolute Gasteiger partial charge is 0.262 e. The quantitative estimate of drug-likeness (QED) is 0.337. The molecule has 0 fully saturated rings. The summed E-state index contributed by atoms with van der Waals surface area (Å²) in [4.78, 5) is 26.2. The van der Waals surface area contributed by atoms with Gasteiger partial charge in [-0.25, -0.2) is 8.42 Å². The van der Waals surface area contributed by atoms with Gasteiger partial charge in [0.25, 0.3) is 5.91 Å². The molecule has 0 saturated carbocycles. The van der Waals surface area contributed by atoms with Crippen molar-refractivity contribution in [2.24, 2.45) is 5.92 Å². The molecule has 0 aliphatic carbocycles. The van der Waals surface area contributed by atoms with E-state index in [-0.39, 0.29) is 34.8 Å². The molecule has 194 valence electrons. The first-order valence-electron chi connectivity index (χ1n) is 11.4. The van der Waals surface area contributed by atoms with Gasteiger partial charge in [-0.1, -0.05) is 55.8 Å². The molecule has 11 heteroatoms. The van der Waals surface area contributed by atoms with Crippen LogP contribution in [0.25, 0.3) is 10.1 Å². The highest BCUT2D eigenvalue weighted by molar-refractivity contribution is 7.89. The van der Waals surface area contributed by atoms with E-state index in [0.29, 0.717) is 11.3 Å². The van der Waals surface area contributed by atoms with Gasteiger partial charge in [0.05, 0.1) is 16.0 Å². The van der Waals surface area contributed by atoms with Crippen molar-refractivity contribution in [2.75, 3.05) is 20.1 Å². The van der Waals surface area contributed by atoms with E-state index in [1.54, 1.807) is 18.2 Å². The molecule has 3 aromatic rings. The molecule has 0 aliphatic heterocycles. The second kappa shape index (κ2) is 12.2. The van der Waals surface area contributed by atoms with Gasteiger partial charge < -0.3 is 15.7 Å². The maximum Gasteiger partial charge on any atom is 0.262 e. The van der Waals surface area contributed by atoms with Crippen LogP contribution in [0.4, 0.5) is 0 Å². The molecule has 3 rings (SSSR count). The second-order valence-electron chi connectivity index (χ2n) is 8.92. The number of halogens is 1. The van der Waals surface area contributed by atoms with Gasteiger partial charge in [-0.15, -0.1) is 11.3 Å². The molecule has 0 radical (unpaired) electrons. The highest BCUT2D eigenvalue weighted by atomic mass is 35.5. The Balaban J connectivity index is 1.60. The summed E-state index contributed by atoms with van der Waals surface area (Å²) in [5, 5.41) is 16.9. The summed E-state index contributed by atoms with van der Waals surface area (Å²) in [7, 11) is -2.59. The lowest BCUT2D eigenvalue weighted by atomic mass is 10.0. The minimum Gasteiger partial charge on any atom is -0.390 e. The van der Waals surface area contributed by atoms with Crippen molar-refractivity contribution in [3.8, 4) is 0 Å². The number of thiophene rings is 1. The minimum atomic E-state index is -3.92. The number of benzene rings is 2. The van der Waals surface area contributed by atoms with Gasteiger partial charge in [0.15, 0.2) is 0 Å². The summed E-state index contributed by atoms with van der Waals surface area (Å²) in [6.07, 6.45) is -0.770. The van der Waals surface area contributed by atoms with Crippen LogP contribution in [0.5, 0.6) is 0 Å². The van der Waals surface area contributed by atoms with Crippen LogP contribution in [-0.4, -0.2) is 61.9 Å². The predicted molar refractivity (Wildman–Crippen MR) is 143 cm³/mol. The van der Waals surface area contributed by atoms with E-state index >= 15 is 0 Å². The summed E-state index contributed by atoms with van der Waals surface area (Å²) in [6, 6.07) is 14.7. The standard InChI is InChI=1S/C25H30ClN3O5S2/c1-16(2)12-20(28-25(32)22-13-17-8-4-6-10-21(17)35-22)24(31)27-14-18(30)15-29(3)36(33,34)23-11-7-5-9-19(23)26/h4-11,13,16,18,20,30H,12,14-15H2,1-3H3,(H,27,31)(H,28,32)/t18-,20+/m1/s1. The number of rotatable bonds is 11. The Morgan fingerprint density at radius 3 is 2.44 bits per heavy atom. The Bertz CT molecular complexity index is 1290. The average Bonchev–Trinajstić information content (AvgIpc) is 3.26. The van der Waals surface area contributed by atoms with Crippen molar-refractivity contribution < 1.29 is 23.1 Å². The van der Waals surface area contributed by atoms with Crippen LogP contribution in [0.15, 0.2) is 59.5 Å². The van der Waals surface area contributed by atoms with Crippen LogP contribution in [0.1, 0.15) is 29.9 Å². The van der Waals surface area contributed by atoms with E-state index in [2.05, 4.69) is 10.6 Å². The number of hydrogen-bond acceptors (Lipinski definition) is 6. The lowest BCUT2D eigenvalue weighted by molar-refractivity contribution is -0.123. The summed E-state index contributed by atoms with van der Waals surface area (Å²) < 4.78 is 27.5. The molecule has 36 heavy (non-hydrogen) atoms. The highest BCUT2D eigenvalue weighted by Gasteiger charge is 2.27. The van der Waals surface area contributed by atoms with Crippen molar-refractivity contribution in [1.29, 1.82) is 0 Å². The van der Waals surface area contributed by atoms with Crippen molar-refractivity contribution in [2.45, 2.75) is 37.3 Å². The fraction of sp³-hybridized carbons (Fsp3) is 0.360. The second-order valence-corrected chi connectivity index (χ2v) is 12.4. The molecule has 2 aromatic carbocycles. The van der Waals surface area contributed by atoms with Gasteiger partial charge in [-0.2, -0.15) is 4.31 Å². The molecule has 1 heterocycles. The van der Waals surface area contributed by atoms with Crippen molar-refractivity contribution in [3.63, 3.8) is 0 Å². The normalized spacial score (nSPS) is 13.6. The third-order valence-electron chi connectivity index (χ3n) is 5.48. The van der Waals surface area contributed by atoms with Gasteiger partial charge in [-0.05, 0) is 42.0 Å². The lowest BCUT2D eigenvalue weighted by Gasteiger charge is -2.23. The van der Waals surface area contributed by atoms with Crippen molar-refractivity contribution >= 4 is 54.9 Å². The van der Waals surface area contributed by atoms with Crippen LogP contribution in [0, 0.1) is 5.92 Å². The molecule has 2 amide bonds. The molecule has 8 nitrogen and oxygen atoms in total. The molecule has 2 atom stereocenters. The summed E-state index contributed by atoms with van der Waals surface area (Å²) >= 11 is 7.37. The summed E-state index contributed by atoms with van der Waals surface area (Å²) in [5.74, 6) is -0.669. The predicted octanol–water partition coefficient (Wildman–Crippen LogP) is 3.50. The molecule has 3 N–H and O–H groups in total. The zero-order chi connectivity index (χ0) is 26.5. The highest BCUT2D eigenvalue weighted by Crippen LogP contribution is 2.25. The number of hydrogen-bond donors (Lipinski definition) is 3. The number of amides is 2. The number of sulfonamides is 1. The largest absolute Gasteiger partial charge is 0.390 e. The van der Waals surface area contributed by atoms with Crippen molar-refractivity contribution in [3.05, 3.63) is 64.5 Å². The number of nitrogens with one attached hydrogen (secondary N) is 2. The van der Waals surface area contributed by atoms with Gasteiger partial charge in [0.2, 0.25) is 15.9 Å². The summed E-state index contributed by atoms with van der Waals surface area (Å²) in [6.45, 7) is 3.44. The molecule has 0 unspecified atom stereocenters. The molecule has 0 bridgehead atoms. The van der Waals surface area contributed by atoms with E-state index in [1.165, 1.54) is 30.5 Å². The molecular weight excluding hydrogens is 522 g/mol. The van der Waals surface area contributed by atoms with Crippen molar-refractivity contribution in [1.82, 2.24) is 14.9 Å². The van der Waals surface area contributed by atoms with E-state index in [9.17, 15) is 23.1 Å². The van der Waals surface area contributed by atoms with Gasteiger partial charge >= 0.3 is 0 Å². The van der Waals surface area contributed by atoms with E-state index in [0.717, 1.165) is 14.4 Å². The topological polar surface area (TPSA) is 116 Å². The fourth-order valence-corrected chi connectivity index (χ4v) is 6.31. The number of nitrogens with zero attached hydrogens (tertiary/aromatic N) is 1. The number of aliphatic hydroxyl groups is 1. The summed E-state index contributed by atoms with van der Waals surface area (Å²) in [5.41, 5.74) is 0. The van der Waals surface area contributed by atoms with E-state index in [4.69, 9.17) is 11.6 Å². The van der Waals surface area contributed by atoms with E-state index in [1.807, 2.05) is 38.1 Å². The maximum atomic E-state index is 12.9. The zero-order valence-corrected chi connectivity index (χ0v) is 22.7. The monoisotopic (exact) mass is 551 g/mol. The van der Waals surface area contributed by atoms with Crippen LogP contribution in [-0.2, 0) is 14.8 Å². The SMILES string of the molecule is CC(C)C[C@H](NC(=O)c1cc2ccccc2s1)C(=O)NC[C@@H](O)CN(C)S(=O)(=O)c1ccccc1Cl. The Morgan fingerprint density at radius 2 is 1.78 bits per heavy atom. The Labute approximate surface area is 220 Å². The fourth-order valence-electron chi connectivity index (χ4n) is 3.65. The number of carbonyl (C=O) groups excluding carboxylic acids is 2. The van der Waals surface area contributed by atoms with Gasteiger partial charge in [0.1, 0.15) is 10.9 Å². The van der Waals surface area contributed by atoms with Gasteiger partial charge in [-0.3, -0.25) is 9.59 Å². The number of likely N-dealkylation sites (N-methyl/N-ethyl adjacent to an activating group) is 1. The molecule has 1 aromatic heterocycles. The maximum absolute atomic E-state index is 12.9. The third kappa shape index (κ3) is 7.04. The van der Waals surface area contributed by atoms with Crippen LogP contribution in [0.2, 0.25) is 5.02 Å². The Hall–Kier alpha value is -2.50. The molecule has 0 spiro atoms. The Morgan fingerprint density at radius 1 is 1.11 bits per heavy atom. The van der Waals surface area contributed by atoms with Gasteiger partial charge in [0, 0.05) is 24.8 Å². The Kier molecular flexibility index (Phi) is 9.48. The first-order chi connectivity index (χ1) is 17.0. The minimum absolute atomic E-state index is 0.0636. The third-order valence-corrected chi connectivity index (χ3v) is 8.92. The van der Waals surface area contributed by atoms with E-state index < -0.39 is 28.1 Å². The number of fused-ring (bicyclic) bond motifs is 1. The molecule has 0 saturated heterocycles. The van der Waals surface area contributed by atoms with Crippen LogP contribution < -0.4 is 10.6 Å². The zero-order valence-electron chi connectivity index (χ0n) is 20.3. The molecular formula is C25H30ClN3O5S2. The first kappa shape index (κ1) is 28.1. The van der Waals surface area contributed by atoms with Crippen LogP contribution >= 0.6 is 22.9 Å².